The molecule has 5 fully saturated rings. The number of amides is 1. The molecule has 1 amide bonds. The van der Waals surface area contributed by atoms with Crippen molar-refractivity contribution in [1.82, 2.24) is 14.8 Å². The average Bonchev–Trinajstić information content (AvgIpc) is 3.01. The van der Waals surface area contributed by atoms with Gasteiger partial charge in [-0.05, 0) is 110 Å². The Balaban J connectivity index is 0.943. The third-order valence-corrected chi connectivity index (χ3v) is 10.7. The number of piperazine rings is 1. The second-order valence-electron chi connectivity index (χ2n) is 13.9. The number of ether oxygens (including phenoxy) is 1. The molecule has 0 unspecified atom stereocenters. The Morgan fingerprint density at radius 3 is 2.28 bits per heavy atom. The summed E-state index contributed by atoms with van der Waals surface area (Å²) in [5.74, 6) is 3.73. The van der Waals surface area contributed by atoms with Crippen LogP contribution in [0.3, 0.4) is 0 Å². The summed E-state index contributed by atoms with van der Waals surface area (Å²) in [5, 5.41) is 0. The summed E-state index contributed by atoms with van der Waals surface area (Å²) in [6.07, 6.45) is 12.1. The molecule has 2 heterocycles. The van der Waals surface area contributed by atoms with Crippen molar-refractivity contribution < 1.29 is 9.53 Å². The van der Waals surface area contributed by atoms with Crippen LogP contribution in [0.4, 0.5) is 5.69 Å². The number of pyridine rings is 1. The first-order chi connectivity index (χ1) is 21.0. The molecule has 6 nitrogen and oxygen atoms in total. The van der Waals surface area contributed by atoms with E-state index in [4.69, 9.17) is 4.74 Å². The smallest absolute Gasteiger partial charge is 0.253 e. The average molecular weight is 579 g/mol. The predicted octanol–water partition coefficient (Wildman–Crippen LogP) is 6.76. The van der Waals surface area contributed by atoms with E-state index >= 15 is 0 Å². The molecule has 4 saturated carbocycles. The summed E-state index contributed by atoms with van der Waals surface area (Å²) in [4.78, 5) is 24.9. The van der Waals surface area contributed by atoms with Gasteiger partial charge in [0, 0.05) is 69.3 Å². The quantitative estimate of drug-likeness (QED) is 0.281. The van der Waals surface area contributed by atoms with Gasteiger partial charge in [-0.25, -0.2) is 0 Å². The van der Waals surface area contributed by atoms with Crippen molar-refractivity contribution in [3.8, 4) is 16.9 Å². The van der Waals surface area contributed by atoms with Gasteiger partial charge in [0.1, 0.15) is 5.75 Å². The Labute approximate surface area is 257 Å². The van der Waals surface area contributed by atoms with Gasteiger partial charge in [-0.2, -0.15) is 0 Å². The highest BCUT2D eigenvalue weighted by Crippen LogP contribution is 2.60. The number of carbonyl (C=O) groups excluding carboxylic acids is 1. The maximum Gasteiger partial charge on any atom is 0.253 e. The van der Waals surface area contributed by atoms with Crippen LogP contribution in [-0.4, -0.2) is 67.1 Å². The summed E-state index contributed by atoms with van der Waals surface area (Å²) in [6.45, 7) is 8.42. The van der Waals surface area contributed by atoms with Crippen LogP contribution in [-0.2, 0) is 6.54 Å². The van der Waals surface area contributed by atoms with Crippen LogP contribution in [0.1, 0.15) is 61.4 Å². The minimum Gasteiger partial charge on any atom is -0.492 e. The highest BCUT2D eigenvalue weighted by atomic mass is 16.5. The van der Waals surface area contributed by atoms with Gasteiger partial charge in [-0.3, -0.25) is 14.7 Å². The van der Waals surface area contributed by atoms with Gasteiger partial charge in [0.25, 0.3) is 5.91 Å². The molecule has 0 atom stereocenters. The Morgan fingerprint density at radius 2 is 1.60 bits per heavy atom. The Hall–Kier alpha value is -3.38. The topological polar surface area (TPSA) is 48.9 Å². The third kappa shape index (κ3) is 6.04. The predicted molar refractivity (Wildman–Crippen MR) is 172 cm³/mol. The number of carbonyl (C=O) groups is 1. The molecule has 6 heteroatoms. The molecule has 4 aliphatic carbocycles. The molecule has 43 heavy (non-hydrogen) atoms. The highest BCUT2D eigenvalue weighted by Gasteiger charge is 2.51. The van der Waals surface area contributed by atoms with Crippen LogP contribution in [0.2, 0.25) is 0 Å². The summed E-state index contributed by atoms with van der Waals surface area (Å²) in [5.41, 5.74) is 6.02. The van der Waals surface area contributed by atoms with Crippen LogP contribution in [0.25, 0.3) is 11.1 Å². The number of hydrogen-bond acceptors (Lipinski definition) is 5. The van der Waals surface area contributed by atoms with Crippen LogP contribution in [0, 0.1) is 23.2 Å². The summed E-state index contributed by atoms with van der Waals surface area (Å²) in [7, 11) is 2.03. The van der Waals surface area contributed by atoms with E-state index in [9.17, 15) is 4.79 Å². The molecule has 5 aliphatic rings. The van der Waals surface area contributed by atoms with Crippen LogP contribution in [0.5, 0.6) is 5.75 Å². The number of hydrogen-bond donors (Lipinski definition) is 0. The maximum absolute atomic E-state index is 13.4. The lowest BCUT2D eigenvalue weighted by atomic mass is 9.49. The molecule has 1 aliphatic heterocycles. The van der Waals surface area contributed by atoms with E-state index in [1.54, 1.807) is 6.20 Å². The number of nitrogens with zero attached hydrogens (tertiary/aromatic N) is 4. The number of rotatable bonds is 9. The molecule has 2 aromatic carbocycles. The lowest BCUT2D eigenvalue weighted by Gasteiger charge is -2.57. The van der Waals surface area contributed by atoms with Crippen molar-refractivity contribution in [2.24, 2.45) is 23.2 Å². The summed E-state index contributed by atoms with van der Waals surface area (Å²) < 4.78 is 5.69. The Morgan fingerprint density at radius 1 is 0.930 bits per heavy atom. The fourth-order valence-electron chi connectivity index (χ4n) is 9.25. The first-order valence-electron chi connectivity index (χ1n) is 16.5. The molecule has 3 aromatic rings. The zero-order valence-corrected chi connectivity index (χ0v) is 25.9. The zero-order valence-electron chi connectivity index (χ0n) is 25.9. The van der Waals surface area contributed by atoms with Crippen molar-refractivity contribution in [2.75, 3.05) is 51.3 Å². The van der Waals surface area contributed by atoms with E-state index in [1.165, 1.54) is 55.3 Å². The lowest BCUT2D eigenvalue weighted by Crippen LogP contribution is -2.51. The Bertz CT molecular complexity index is 1390. The van der Waals surface area contributed by atoms with Gasteiger partial charge in [-0.1, -0.05) is 24.3 Å². The van der Waals surface area contributed by atoms with Crippen molar-refractivity contribution in [1.29, 1.82) is 0 Å². The van der Waals surface area contributed by atoms with E-state index in [1.807, 2.05) is 37.2 Å². The zero-order chi connectivity index (χ0) is 29.4. The van der Waals surface area contributed by atoms with E-state index in [0.717, 1.165) is 73.9 Å². The molecule has 226 valence electrons. The lowest BCUT2D eigenvalue weighted by molar-refractivity contribution is -0.0629. The van der Waals surface area contributed by atoms with Crippen molar-refractivity contribution in [2.45, 2.75) is 52.0 Å². The fourth-order valence-corrected chi connectivity index (χ4v) is 9.25. The first-order valence-corrected chi connectivity index (χ1v) is 16.5. The van der Waals surface area contributed by atoms with E-state index in [-0.39, 0.29) is 5.91 Å². The highest BCUT2D eigenvalue weighted by molar-refractivity contribution is 5.94. The second-order valence-corrected chi connectivity index (χ2v) is 13.9. The summed E-state index contributed by atoms with van der Waals surface area (Å²) >= 11 is 0. The molecule has 0 spiro atoms. The second kappa shape index (κ2) is 12.0. The van der Waals surface area contributed by atoms with Crippen LogP contribution in [0.15, 0.2) is 67.0 Å². The minimum absolute atomic E-state index is 0.174. The third-order valence-electron chi connectivity index (χ3n) is 10.7. The molecule has 1 aromatic heterocycles. The van der Waals surface area contributed by atoms with Crippen LogP contribution >= 0.6 is 0 Å². The molecule has 4 bridgehead atoms. The SMILES string of the molecule is CCOc1cncc(-c2ccccc2CN2CCN(c3ccc(C(=O)N(C)CC45CC6CC(CC(C6)C4)C5)cc3)CC2)c1. The first kappa shape index (κ1) is 28.4. The van der Waals surface area contributed by atoms with Gasteiger partial charge in [-0.15, -0.1) is 0 Å². The molecular formula is C37H46N4O2. The number of benzene rings is 2. The Kier molecular flexibility index (Phi) is 7.89. The van der Waals surface area contributed by atoms with Gasteiger partial charge in [0.05, 0.1) is 12.8 Å². The maximum atomic E-state index is 13.4. The molecule has 1 saturated heterocycles. The molecule has 0 N–H and O–H groups in total. The monoisotopic (exact) mass is 578 g/mol. The summed E-state index contributed by atoms with van der Waals surface area (Å²) in [6, 6.07) is 19.1. The van der Waals surface area contributed by atoms with E-state index in [2.05, 4.69) is 57.2 Å². The van der Waals surface area contributed by atoms with Gasteiger partial charge < -0.3 is 14.5 Å². The minimum atomic E-state index is 0.174. The number of anilines is 1. The van der Waals surface area contributed by atoms with E-state index < -0.39 is 0 Å². The van der Waals surface area contributed by atoms with Crippen molar-refractivity contribution >= 4 is 11.6 Å². The van der Waals surface area contributed by atoms with Gasteiger partial charge in [0.15, 0.2) is 0 Å². The van der Waals surface area contributed by atoms with Crippen molar-refractivity contribution in [3.63, 3.8) is 0 Å². The largest absolute Gasteiger partial charge is 0.492 e. The van der Waals surface area contributed by atoms with Crippen LogP contribution < -0.4 is 9.64 Å². The molecule has 8 rings (SSSR count). The fraction of sp³-hybridized carbons (Fsp3) is 0.514. The number of aromatic nitrogens is 1. The normalized spacial score (nSPS) is 26.5. The molecule has 0 radical (unpaired) electrons. The molecular weight excluding hydrogens is 532 g/mol. The standard InChI is InChI=1S/C37H46N4O2/c1-3-43-34-19-32(23-38-24-34)35-7-5-4-6-31(35)25-40-12-14-41(15-13-40)33-10-8-30(9-11-33)36(42)39(2)26-37-20-27-16-28(21-37)18-29(17-27)22-37/h4-11,19,23-24,27-29H,3,12-18,20-22,25-26H2,1-2H3. The van der Waals surface area contributed by atoms with Crippen molar-refractivity contribution in [3.05, 3.63) is 78.1 Å². The van der Waals surface area contributed by atoms with E-state index in [0.29, 0.717) is 12.0 Å². The van der Waals surface area contributed by atoms with Gasteiger partial charge in [0.2, 0.25) is 0 Å². The van der Waals surface area contributed by atoms with Gasteiger partial charge >= 0.3 is 0 Å².